The van der Waals surface area contributed by atoms with Crippen molar-refractivity contribution >= 4 is 71.3 Å². The largest absolute Gasteiger partial charge is 0.448 e. The van der Waals surface area contributed by atoms with Crippen LogP contribution >= 0.6 is 0 Å². The molecule has 0 heterocycles. The highest BCUT2D eigenvalue weighted by atomic mass is 16.6. The van der Waals surface area contributed by atoms with Gasteiger partial charge in [-0.2, -0.15) is 14.7 Å². The predicted molar refractivity (Wildman–Crippen MR) is 511 cm³/mol. The minimum atomic E-state index is -1.45. The summed E-state index contributed by atoms with van der Waals surface area (Å²) < 4.78 is 36.3. The van der Waals surface area contributed by atoms with E-state index in [9.17, 15) is 14.4 Å². The Balaban J connectivity index is 0.752. The molecule has 0 unspecified atom stereocenters. The number of nitrogens with zero attached hydrogens (tertiary/aromatic N) is 6. The van der Waals surface area contributed by atoms with Gasteiger partial charge < -0.3 is 60.3 Å². The van der Waals surface area contributed by atoms with Crippen LogP contribution in [0.4, 0.5) is 45.8 Å². The van der Waals surface area contributed by atoms with Crippen molar-refractivity contribution in [2.24, 2.45) is 17.2 Å². The third kappa shape index (κ3) is 21.3. The highest BCUT2D eigenvalue weighted by molar-refractivity contribution is 6.05. The molecule has 3 aliphatic rings. The minimum absolute atomic E-state index is 0.00113. The number of benzene rings is 12. The second kappa shape index (κ2) is 44.2. The molecule has 133 heavy (non-hydrogen) atoms. The second-order valence-corrected chi connectivity index (χ2v) is 33.4. The summed E-state index contributed by atoms with van der Waals surface area (Å²) in [6, 6.07) is 91.4. The van der Waals surface area contributed by atoms with Crippen LogP contribution in [-0.2, 0) is 62.6 Å². The smallest absolute Gasteiger partial charge is 0.420 e. The van der Waals surface area contributed by atoms with Crippen molar-refractivity contribution in [3.05, 3.63) is 376 Å². The van der Waals surface area contributed by atoms with E-state index >= 15 is 28.8 Å². The molecule has 0 bridgehead atoms. The molecule has 0 saturated carbocycles. The highest BCUT2D eigenvalue weighted by Gasteiger charge is 2.45. The monoisotopic (exact) mass is 1780 g/mol. The predicted octanol–water partition coefficient (Wildman–Crippen LogP) is 20.0. The average molecular weight is 1790 g/mol. The minimum Gasteiger partial charge on any atom is -0.448 e. The number of hydrogen-bond donors (Lipinski definition) is 3. The van der Waals surface area contributed by atoms with Gasteiger partial charge in [-0.3, -0.25) is 14.4 Å². The van der Waals surface area contributed by atoms with Gasteiger partial charge in [0.15, 0.2) is 0 Å². The van der Waals surface area contributed by atoms with Crippen molar-refractivity contribution < 1.29 is 71.6 Å². The molecule has 12 aromatic carbocycles. The van der Waals surface area contributed by atoms with Crippen LogP contribution in [0.15, 0.2) is 309 Å². The summed E-state index contributed by atoms with van der Waals surface area (Å²) in [7, 11) is 4.68. The molecule has 3 atom stereocenters. The summed E-state index contributed by atoms with van der Waals surface area (Å²) in [5.74, 6) is -3.72. The van der Waals surface area contributed by atoms with Gasteiger partial charge in [-0.25, -0.2) is 28.8 Å². The Morgan fingerprint density at radius 3 is 0.677 bits per heavy atom. The first-order valence-electron chi connectivity index (χ1n) is 45.2. The van der Waals surface area contributed by atoms with Crippen LogP contribution in [0.5, 0.6) is 0 Å². The molecule has 0 aliphatic heterocycles. The van der Waals surface area contributed by atoms with E-state index in [1.165, 1.54) is 14.7 Å². The quantitative estimate of drug-likeness (QED) is 0.0187. The number of amides is 9. The lowest BCUT2D eigenvalue weighted by Crippen LogP contribution is -2.53. The summed E-state index contributed by atoms with van der Waals surface area (Å²) in [5.41, 5.74) is 35.0. The van der Waals surface area contributed by atoms with Crippen molar-refractivity contribution in [3.63, 3.8) is 0 Å². The normalized spacial score (nSPS) is 12.8. The van der Waals surface area contributed by atoms with Gasteiger partial charge in [0, 0.05) is 61.9 Å². The number of carbonyl (C=O) groups is 9. The summed E-state index contributed by atoms with van der Waals surface area (Å²) in [6.07, 6.45) is -4.11. The molecule has 24 nitrogen and oxygen atoms in total. The number of hydrogen-bond acceptors (Lipinski definition) is 18. The molecule has 0 aromatic heterocycles. The molecule has 0 spiro atoms. The maximum absolute atomic E-state index is 15.7. The molecular formula is C109H109N9O15. The molecule has 0 radical (unpaired) electrons. The van der Waals surface area contributed by atoms with Crippen molar-refractivity contribution in [3.8, 4) is 33.4 Å². The lowest BCUT2D eigenvalue weighted by molar-refractivity contribution is -0.123. The summed E-state index contributed by atoms with van der Waals surface area (Å²) in [4.78, 5) is 143. The SMILES string of the molecule is CN(C(=O)[C@@H](CCCCN)N(C(=O)OCc1ccccc1)C(=O)OCC1c2ccccc2-c2ccccc21)c1ccc(C(c2ccc(N(C)C(=O)[C@@H](CCCCN)N(C(=O)OCc3ccccc3)C(=O)OCC3c4ccccc4-c4ccccc43)cc2)c2ccc(N(C)C(=O)[C@@H](CCCCN)N(C(=O)OCc3ccccc3)C(=O)OCC3c4ccccc4-c4ccccc43)cc2)cc1. The third-order valence-corrected chi connectivity index (χ3v) is 25.2. The third-order valence-electron chi connectivity index (χ3n) is 25.2. The lowest BCUT2D eigenvalue weighted by Gasteiger charge is -2.32. The van der Waals surface area contributed by atoms with Crippen molar-refractivity contribution in [2.75, 3.05) is 75.3 Å². The Morgan fingerprint density at radius 2 is 0.459 bits per heavy atom. The molecule has 6 N–H and O–H groups in total. The van der Waals surface area contributed by atoms with Crippen LogP contribution < -0.4 is 31.9 Å². The van der Waals surface area contributed by atoms with Gasteiger partial charge in [-0.05, 0) is 214 Å². The lowest BCUT2D eigenvalue weighted by atomic mass is 9.85. The zero-order valence-corrected chi connectivity index (χ0v) is 74.8. The van der Waals surface area contributed by atoms with Gasteiger partial charge in [-0.1, -0.05) is 273 Å². The number of imide groups is 3. The fourth-order valence-corrected chi connectivity index (χ4v) is 18.2. The van der Waals surface area contributed by atoms with Crippen LogP contribution in [0.25, 0.3) is 33.4 Å². The van der Waals surface area contributed by atoms with Crippen molar-refractivity contribution in [2.45, 2.75) is 119 Å². The molecule has 9 amide bonds. The Morgan fingerprint density at radius 1 is 0.256 bits per heavy atom. The first kappa shape index (κ1) is 92.9. The maximum Gasteiger partial charge on any atom is 0.420 e. The van der Waals surface area contributed by atoms with Crippen molar-refractivity contribution in [1.82, 2.24) is 14.7 Å². The number of rotatable bonds is 36. The fourth-order valence-electron chi connectivity index (χ4n) is 18.2. The molecule has 0 saturated heterocycles. The zero-order valence-electron chi connectivity index (χ0n) is 74.8. The van der Waals surface area contributed by atoms with Gasteiger partial charge >= 0.3 is 36.6 Å². The molecular weight excluding hydrogens is 1680 g/mol. The van der Waals surface area contributed by atoms with Crippen LogP contribution in [0.2, 0.25) is 0 Å². The Labute approximate surface area is 774 Å². The van der Waals surface area contributed by atoms with E-state index in [1.807, 2.05) is 200 Å². The van der Waals surface area contributed by atoms with Gasteiger partial charge in [0.25, 0.3) is 0 Å². The fraction of sp³-hybridized carbons (Fsp3) is 0.257. The Hall–Kier alpha value is -14.9. The van der Waals surface area contributed by atoms with Crippen LogP contribution in [0, 0.1) is 0 Å². The molecule has 24 heteroatoms. The van der Waals surface area contributed by atoms with E-state index in [0.717, 1.165) is 81.5 Å². The molecule has 680 valence electrons. The number of carbonyl (C=O) groups excluding carboxylic acids is 9. The number of anilines is 3. The van der Waals surface area contributed by atoms with E-state index in [1.54, 1.807) is 130 Å². The number of ether oxygens (including phenoxy) is 6. The Kier molecular flexibility index (Phi) is 30.8. The van der Waals surface area contributed by atoms with Crippen molar-refractivity contribution in [1.29, 1.82) is 0 Å². The number of likely N-dealkylation sites (N-methyl/N-ethyl adjacent to an activating group) is 3. The molecule has 0 fully saturated rings. The zero-order chi connectivity index (χ0) is 92.9. The van der Waals surface area contributed by atoms with E-state index in [4.69, 9.17) is 45.6 Å². The number of fused-ring (bicyclic) bond motifs is 9. The first-order chi connectivity index (χ1) is 64.9. The van der Waals surface area contributed by atoms with Crippen LogP contribution in [0.1, 0.15) is 148 Å². The second-order valence-electron chi connectivity index (χ2n) is 33.4. The van der Waals surface area contributed by atoms with Crippen LogP contribution in [0.3, 0.4) is 0 Å². The number of nitrogens with two attached hydrogens (primary N) is 3. The highest BCUT2D eigenvalue weighted by Crippen LogP contribution is 2.48. The van der Waals surface area contributed by atoms with E-state index in [-0.39, 0.29) is 96.3 Å². The first-order valence-corrected chi connectivity index (χ1v) is 45.2. The Bertz CT molecular complexity index is 5370. The van der Waals surface area contributed by atoms with Gasteiger partial charge in [0.05, 0.1) is 0 Å². The van der Waals surface area contributed by atoms with Gasteiger partial charge in [0.2, 0.25) is 17.7 Å². The maximum atomic E-state index is 15.7. The van der Waals surface area contributed by atoms with E-state index in [0.29, 0.717) is 89.0 Å². The summed E-state index contributed by atoms with van der Waals surface area (Å²) in [6.45, 7) is -0.323. The molecule has 12 aromatic rings. The topological polar surface area (TPSA) is 307 Å². The molecule has 15 rings (SSSR count). The summed E-state index contributed by atoms with van der Waals surface area (Å²) >= 11 is 0. The van der Waals surface area contributed by atoms with E-state index in [2.05, 4.69) is 0 Å². The van der Waals surface area contributed by atoms with E-state index < -0.39 is 78.3 Å². The summed E-state index contributed by atoms with van der Waals surface area (Å²) in [5, 5.41) is 0. The van der Waals surface area contributed by atoms with Crippen LogP contribution in [-0.4, -0.2) is 148 Å². The number of unbranched alkanes of at least 4 members (excludes halogenated alkanes) is 3. The molecule has 3 aliphatic carbocycles. The average Bonchev–Trinajstić information content (AvgIpc) is 1.73. The van der Waals surface area contributed by atoms with Gasteiger partial charge in [0.1, 0.15) is 57.8 Å². The standard InChI is InChI=1S/C109H109N9O15/c1-113(101(119)97(49-25-28-64-110)116(104(122)128-67-73-31-7-4-8-32-73)107(125)131-70-94-88-43-19-13-37-82(88)83-38-14-20-44-89(83)94)79-58-52-76(53-59-79)100(77-54-60-80(61-55-77)114(2)102(120)98(50-26-29-65-111)117(105(123)129-68-74-33-9-5-10-34-74)108(126)132-71-95-90-45-21-15-39-84(90)85-40-16-22-46-91(85)95)78-56-62-81(63-57-78)115(3)103(121)99(51-27-30-66-112)118(106(124)130-69-75-35-11-6-12-36-75)109(127)133-72-96-92-47-23-17-41-86(92)87-42-18-24-48-93(87)96/h4-24,31-48,52-63,94-100H,25-30,49-51,64-72,110-112H2,1-3H3/t97-,98-,99-/m1/s1. The van der Waals surface area contributed by atoms with Gasteiger partial charge in [-0.15, -0.1) is 0 Å².